The molecule has 0 saturated carbocycles. The van der Waals surface area contributed by atoms with Crippen LogP contribution in [0.3, 0.4) is 0 Å². The molecule has 26 nitrogen and oxygen atoms in total. The highest BCUT2D eigenvalue weighted by atomic mass is 32.1. The molecule has 630 valence electrons. The van der Waals surface area contributed by atoms with Gasteiger partial charge in [0.15, 0.2) is 17.6 Å². The zero-order valence-corrected chi connectivity index (χ0v) is 78.4. The lowest BCUT2D eigenvalue weighted by molar-refractivity contribution is 0.112. The molecule has 3 aliphatic heterocycles. The minimum Gasteiger partial charge on any atom is -0.471 e. The Morgan fingerprint density at radius 1 is 0.540 bits per heavy atom. The Morgan fingerprint density at radius 3 is 1.40 bits per heavy atom. The van der Waals surface area contributed by atoms with Crippen molar-refractivity contribution in [3.8, 4) is 47.1 Å². The number of hydrogen-bond donors (Lipinski definition) is 8. The number of aldehydes is 1. The van der Waals surface area contributed by atoms with Crippen LogP contribution in [-0.2, 0) is 31.0 Å². The number of aromatic amines is 2. The highest BCUT2D eigenvalue weighted by molar-refractivity contribution is 7.33. The summed E-state index contributed by atoms with van der Waals surface area (Å²) in [6.07, 6.45) is 7.52. The molecule has 0 radical (unpaired) electrons. The molecule has 16 aromatic rings. The van der Waals surface area contributed by atoms with Crippen LogP contribution in [0.2, 0.25) is 39.3 Å². The number of likely N-dealkylation sites (N-methyl/N-ethyl adjacent to an activating group) is 3. The largest absolute Gasteiger partial charge is 0.471 e. The van der Waals surface area contributed by atoms with E-state index >= 15 is 0 Å². The highest BCUT2D eigenvalue weighted by Crippen LogP contribution is 2.46. The van der Waals surface area contributed by atoms with Crippen LogP contribution in [0.15, 0.2) is 146 Å². The Bertz CT molecular complexity index is 6770. The number of para-hydroxylation sites is 2. The summed E-state index contributed by atoms with van der Waals surface area (Å²) in [7, 11) is 0.736. The molecule has 15 heterocycles. The number of aliphatic hydroxyl groups excluding tert-OH is 2. The van der Waals surface area contributed by atoms with Gasteiger partial charge in [-0.05, 0) is 126 Å². The van der Waals surface area contributed by atoms with E-state index in [1.807, 2.05) is 136 Å². The van der Waals surface area contributed by atoms with Crippen LogP contribution >= 0.6 is 90.7 Å². The first kappa shape index (κ1) is 86.0. The first-order chi connectivity index (χ1) is 59.8. The average molecular weight is 1850 g/mol. The minimum absolute atomic E-state index is 0.0923. The van der Waals surface area contributed by atoms with E-state index in [9.17, 15) is 20.0 Å². The summed E-state index contributed by atoms with van der Waals surface area (Å²) in [5.74, 6) is 0.964. The van der Waals surface area contributed by atoms with Gasteiger partial charge in [-0.3, -0.25) is 4.79 Å². The van der Waals surface area contributed by atoms with Gasteiger partial charge in [-0.1, -0.05) is 112 Å². The van der Waals surface area contributed by atoms with E-state index in [1.54, 1.807) is 79.4 Å². The van der Waals surface area contributed by atoms with Gasteiger partial charge in [0.1, 0.15) is 71.2 Å². The van der Waals surface area contributed by atoms with E-state index in [0.29, 0.717) is 84.7 Å². The number of thiazole rings is 2. The number of aliphatic hydroxyl groups is 2. The number of nitrogen functional groups attached to an aromatic ring is 2. The first-order valence-corrected chi connectivity index (χ1v) is 54.9. The molecule has 0 aliphatic carbocycles. The minimum atomic E-state index is -1.92. The number of imidazole rings is 2. The Labute approximate surface area is 749 Å². The quantitative estimate of drug-likeness (QED) is 0.0121. The lowest BCUT2D eigenvalue weighted by Gasteiger charge is -2.19. The molecule has 37 heteroatoms. The molecular weight excluding hydrogens is 1760 g/mol. The third-order valence-electron chi connectivity index (χ3n) is 21.7. The molecule has 0 fully saturated rings. The van der Waals surface area contributed by atoms with Crippen molar-refractivity contribution < 1.29 is 34.0 Å². The molecule has 19 rings (SSSR count). The normalized spacial score (nSPS) is 13.4. The zero-order valence-electron chi connectivity index (χ0n) is 68.9. The predicted octanol–water partition coefficient (Wildman–Crippen LogP) is 14.4. The first-order valence-electron chi connectivity index (χ1n) is 39.4. The van der Waals surface area contributed by atoms with Crippen molar-refractivity contribution >= 4 is 251 Å². The molecule has 1 amide bonds. The number of fused-ring (bicyclic) bond motifs is 13. The van der Waals surface area contributed by atoms with Gasteiger partial charge in [-0.25, -0.2) is 29.6 Å². The van der Waals surface area contributed by atoms with Gasteiger partial charge in [0, 0.05) is 86.3 Å². The Balaban J connectivity index is 0.000000134. The van der Waals surface area contributed by atoms with Crippen LogP contribution in [0.25, 0.3) is 100 Å². The number of anilines is 5. The number of nitrogens with zero attached hydrogens (tertiary/aromatic N) is 13. The molecule has 3 aliphatic rings. The summed E-state index contributed by atoms with van der Waals surface area (Å²) in [6.45, 7) is 26.0. The monoisotopic (exact) mass is 1850 g/mol. The number of thiophene rings is 6. The maximum atomic E-state index is 12.5. The zero-order chi connectivity index (χ0) is 86.9. The third-order valence-corrected chi connectivity index (χ3v) is 42.8. The standard InChI is InChI=1S/C37H33N9O3S3Si.C23H21N3OS3Si.C14H17NO2S2Si.C13H14N6O/c1-46(12-13-48-37(47)40-18-21-8-10-22(11-9-21)19-49-34-30-33(42-20-41-30)44-36(39)45-34)29-16-28-32(52-29)31-27(53(28,2)3)15-24(50-31)14-23(17-38)35-43-25-6-4-5-7-26(25)51-35;1-24-16(23-25-15-7-5-6-8-17(15)29-23)11-14-12-18-21(28-14)22-19(31(18,3)4)13-20(30-22)26(2)9-10-27;1-15(4-5-16)12-7-11-14(19-12)13-10(20(11,2)3)6-9(8-17)18-13;14-5-8-1-3-9(4-2-8)6-20-12-10-11(17-7-16-10)18-13(15)19-12/h4-11,14-16,20H,12-13,18-19H2,1-3H3,(H,40,47)(H3,39,41,42,44,45);5-8,11-13,27H,9-10H2,2-4H3;6-8,16H,4-5H2,1-3H3;1-4,7H,5-6,14H2,(H3,15,16,17,18,19)/b23-14-;16-11-;;. The molecule has 0 spiro atoms. The second kappa shape index (κ2) is 36.4. The second-order valence-corrected chi connectivity index (χ2v) is 52.4. The number of amides is 1. The molecule has 0 unspecified atom stereocenters. The molecule has 11 N–H and O–H groups in total. The summed E-state index contributed by atoms with van der Waals surface area (Å²) in [6, 6.07) is 47.6. The number of carbonyl (C=O) groups excluding carboxylic acids is 2. The molecule has 124 heavy (non-hydrogen) atoms. The van der Waals surface area contributed by atoms with Crippen molar-refractivity contribution in [1.29, 1.82) is 5.26 Å². The van der Waals surface area contributed by atoms with Crippen molar-refractivity contribution in [3.63, 3.8) is 0 Å². The Hall–Kier alpha value is -11.5. The van der Waals surface area contributed by atoms with Gasteiger partial charge >= 0.3 is 6.09 Å². The second-order valence-electron chi connectivity index (χ2n) is 31.0. The molecule has 12 aromatic heterocycles. The molecule has 0 atom stereocenters. The number of H-pyrrole nitrogens is 2. The topological polar surface area (TPSA) is 365 Å². The Morgan fingerprint density at radius 2 is 0.952 bits per heavy atom. The summed E-state index contributed by atoms with van der Waals surface area (Å²) in [5, 5.41) is 45.0. The van der Waals surface area contributed by atoms with Gasteiger partial charge in [0.25, 0.3) is 0 Å². The van der Waals surface area contributed by atoms with Crippen LogP contribution < -0.4 is 77.8 Å². The van der Waals surface area contributed by atoms with Gasteiger partial charge in [0.05, 0.1) is 84.9 Å². The Kier molecular flexibility index (Phi) is 25.2. The fourth-order valence-corrected chi connectivity index (χ4v) is 37.8. The maximum Gasteiger partial charge on any atom is 0.407 e. The summed E-state index contributed by atoms with van der Waals surface area (Å²) < 4.78 is 19.2. The number of allylic oxidation sites excluding steroid dienone is 1. The van der Waals surface area contributed by atoms with E-state index in [-0.39, 0.29) is 38.3 Å². The number of nitrogens with one attached hydrogen (secondary N) is 3. The smallest absolute Gasteiger partial charge is 0.407 e. The average Bonchev–Trinajstić information content (AvgIpc) is 1.57. The van der Waals surface area contributed by atoms with E-state index in [2.05, 4.69) is 158 Å². The summed E-state index contributed by atoms with van der Waals surface area (Å²) in [4.78, 5) is 84.5. The highest BCUT2D eigenvalue weighted by Gasteiger charge is 2.44. The fraction of sp³-hybridized carbons (Fsp3) is 0.218. The molecule has 0 saturated heterocycles. The number of alkyl carbamates (subject to hydrolysis) is 1. The number of ether oxygens (including phenoxy) is 3. The molecule has 4 aromatic carbocycles. The van der Waals surface area contributed by atoms with Crippen molar-refractivity contribution in [2.24, 2.45) is 5.73 Å². The summed E-state index contributed by atoms with van der Waals surface area (Å²) >= 11 is 13.6. The lowest BCUT2D eigenvalue weighted by Crippen LogP contribution is -2.48. The van der Waals surface area contributed by atoms with Crippen molar-refractivity contribution in [2.75, 3.05) is 86.8 Å². The fourth-order valence-electron chi connectivity index (χ4n) is 14.7. The maximum absolute atomic E-state index is 12.5. The predicted molar refractivity (Wildman–Crippen MR) is 520 cm³/mol. The van der Waals surface area contributed by atoms with Gasteiger partial charge < -0.3 is 71.6 Å². The molecule has 0 bridgehead atoms. The van der Waals surface area contributed by atoms with Crippen LogP contribution in [0, 0.1) is 17.9 Å². The van der Waals surface area contributed by atoms with Gasteiger partial charge in [-0.15, -0.1) is 90.7 Å². The van der Waals surface area contributed by atoms with Gasteiger partial charge in [0.2, 0.25) is 29.4 Å². The van der Waals surface area contributed by atoms with E-state index in [4.69, 9.17) is 48.1 Å². The van der Waals surface area contributed by atoms with E-state index in [0.717, 1.165) is 78.6 Å². The SMILES string of the molecule is CN(CCO)c1cc2c(s1)-c1sc(C=O)cc1[Si]2(C)C.CN(CCOC(=O)NCc1ccc(COc2nc(N)nc3nc[nH]c23)cc1)c1cc2c(s1)-c1sc(/C=C(/C#N)c3nc4ccccc4s3)cc1[Si]2(C)C.NCc1ccc(COc2nc(N)nc3nc[nH]c23)cc1.[C-]#[N+]/C(=C\c1cc2c(s1)-c1sc(N(C)CCO)cc1[Si]2(C)C)c1nc2ccccc2s1. The number of nitrogens with two attached hydrogens (primary N) is 3. The van der Waals surface area contributed by atoms with Crippen LogP contribution in [0.1, 0.15) is 51.7 Å². The van der Waals surface area contributed by atoms with Crippen LogP contribution in [0.4, 0.5) is 31.7 Å². The van der Waals surface area contributed by atoms with Crippen molar-refractivity contribution in [2.45, 2.75) is 65.6 Å². The number of rotatable bonds is 24. The third kappa shape index (κ3) is 17.7. The number of aromatic nitrogens is 10. The van der Waals surface area contributed by atoms with E-state index < -0.39 is 30.3 Å². The van der Waals surface area contributed by atoms with E-state index in [1.165, 1.54) is 83.0 Å². The number of benzene rings is 4. The lowest BCUT2D eigenvalue weighted by atomic mass is 10.1. The van der Waals surface area contributed by atoms with Crippen LogP contribution in [-0.4, -0.2) is 157 Å². The van der Waals surface area contributed by atoms with Crippen molar-refractivity contribution in [1.82, 2.24) is 55.2 Å². The number of hydrogen-bond acceptors (Lipinski definition) is 30. The molecular formula is C87H85N19O7S8Si3. The van der Waals surface area contributed by atoms with Crippen molar-refractivity contribution in [3.05, 3.63) is 204 Å². The van der Waals surface area contributed by atoms with Gasteiger partial charge in [-0.2, -0.15) is 25.2 Å². The number of carbonyl (C=O) groups is 2. The summed E-state index contributed by atoms with van der Waals surface area (Å²) in [5.41, 5.74) is 26.1. The van der Waals surface area contributed by atoms with Crippen LogP contribution in [0.5, 0.6) is 11.8 Å². The number of nitriles is 1.